The van der Waals surface area contributed by atoms with Crippen LogP contribution in [-0.2, 0) is 17.6 Å². The van der Waals surface area contributed by atoms with Gasteiger partial charge in [0.25, 0.3) is 0 Å². The zero-order valence-corrected chi connectivity index (χ0v) is 19.1. The minimum Gasteiger partial charge on any atom is -0.316 e. The lowest BCUT2D eigenvalue weighted by atomic mass is 10.2. The molecule has 3 aromatic rings. The van der Waals surface area contributed by atoms with Gasteiger partial charge >= 0.3 is 0 Å². The monoisotopic (exact) mass is 443 g/mol. The zero-order chi connectivity index (χ0) is 21.0. The fourth-order valence-corrected chi connectivity index (χ4v) is 5.15. The van der Waals surface area contributed by atoms with Gasteiger partial charge in [0.1, 0.15) is 16.9 Å². The predicted octanol–water partition coefficient (Wildman–Crippen LogP) is 4.70. The molecule has 9 heteroatoms. The Morgan fingerprint density at radius 2 is 1.93 bits per heavy atom. The Hall–Kier alpha value is -2.28. The number of nitriles is 1. The molecule has 6 nitrogen and oxygen atoms in total. The van der Waals surface area contributed by atoms with Gasteiger partial charge in [-0.3, -0.25) is 4.79 Å². The van der Waals surface area contributed by atoms with Crippen molar-refractivity contribution in [3.05, 3.63) is 51.7 Å². The summed E-state index contributed by atoms with van der Waals surface area (Å²) in [7, 11) is 1.91. The molecule has 1 N–H and O–H groups in total. The maximum Gasteiger partial charge on any atom is 0.235 e. The molecule has 0 spiro atoms. The number of hydrogen-bond donors (Lipinski definition) is 1. The first kappa shape index (κ1) is 21.4. The molecule has 0 bridgehead atoms. The highest BCUT2D eigenvalue weighted by molar-refractivity contribution is 7.99. The van der Waals surface area contributed by atoms with Gasteiger partial charge in [-0.1, -0.05) is 29.5 Å². The summed E-state index contributed by atoms with van der Waals surface area (Å²) in [5.41, 5.74) is 2.70. The standard InChI is InChI=1S/C20H21N5OS3/c1-12-5-7-15(8-6-12)27-10-17-23-24-20(25(17)4)28-11-18(26)22-19-16(9-21)13(2)14(3)29-19/h5-8H,10-11H2,1-4H3,(H,22,26). The van der Waals surface area contributed by atoms with Crippen LogP contribution in [0.1, 0.15) is 27.4 Å². The number of aromatic nitrogens is 3. The smallest absolute Gasteiger partial charge is 0.235 e. The summed E-state index contributed by atoms with van der Waals surface area (Å²) in [5, 5.41) is 21.9. The topological polar surface area (TPSA) is 83.6 Å². The van der Waals surface area contributed by atoms with Crippen molar-refractivity contribution < 1.29 is 4.79 Å². The van der Waals surface area contributed by atoms with Crippen LogP contribution in [0.5, 0.6) is 0 Å². The van der Waals surface area contributed by atoms with Gasteiger partial charge in [0.2, 0.25) is 5.91 Å². The molecule has 0 atom stereocenters. The predicted molar refractivity (Wildman–Crippen MR) is 120 cm³/mol. The van der Waals surface area contributed by atoms with Gasteiger partial charge in [-0.2, -0.15) is 5.26 Å². The number of rotatable bonds is 7. The molecule has 2 aromatic heterocycles. The highest BCUT2D eigenvalue weighted by Gasteiger charge is 2.16. The normalized spacial score (nSPS) is 10.7. The van der Waals surface area contributed by atoms with Gasteiger partial charge in [0.15, 0.2) is 5.16 Å². The van der Waals surface area contributed by atoms with Crippen molar-refractivity contribution in [2.24, 2.45) is 7.05 Å². The summed E-state index contributed by atoms with van der Waals surface area (Å²) in [6, 6.07) is 10.5. The summed E-state index contributed by atoms with van der Waals surface area (Å²) in [5.74, 6) is 1.61. The van der Waals surface area contributed by atoms with Crippen LogP contribution in [0.15, 0.2) is 34.3 Å². The van der Waals surface area contributed by atoms with Crippen LogP contribution in [0.3, 0.4) is 0 Å². The number of carbonyl (C=O) groups excluding carboxylic acids is 1. The Morgan fingerprint density at radius 3 is 2.62 bits per heavy atom. The molecule has 0 unspecified atom stereocenters. The molecule has 0 aliphatic rings. The average molecular weight is 444 g/mol. The van der Waals surface area contributed by atoms with Crippen molar-refractivity contribution in [3.63, 3.8) is 0 Å². The van der Waals surface area contributed by atoms with Crippen LogP contribution in [-0.4, -0.2) is 26.4 Å². The first-order chi connectivity index (χ1) is 13.9. The summed E-state index contributed by atoms with van der Waals surface area (Å²) >= 11 is 4.46. The van der Waals surface area contributed by atoms with Crippen molar-refractivity contribution in [1.29, 1.82) is 5.26 Å². The average Bonchev–Trinajstić information content (AvgIpc) is 3.18. The third kappa shape index (κ3) is 5.21. The van der Waals surface area contributed by atoms with Crippen LogP contribution in [0.4, 0.5) is 5.00 Å². The molecule has 0 radical (unpaired) electrons. The molecule has 0 saturated carbocycles. The quantitative estimate of drug-likeness (QED) is 0.533. The molecule has 29 heavy (non-hydrogen) atoms. The lowest BCUT2D eigenvalue weighted by molar-refractivity contribution is -0.113. The number of aryl methyl sites for hydroxylation is 2. The van der Waals surface area contributed by atoms with E-state index < -0.39 is 0 Å². The highest BCUT2D eigenvalue weighted by atomic mass is 32.2. The Labute approximate surface area is 182 Å². The highest BCUT2D eigenvalue weighted by Crippen LogP contribution is 2.32. The van der Waals surface area contributed by atoms with Gasteiger partial charge in [-0.25, -0.2) is 0 Å². The van der Waals surface area contributed by atoms with Crippen molar-refractivity contribution in [2.75, 3.05) is 11.1 Å². The van der Waals surface area contributed by atoms with Crippen LogP contribution < -0.4 is 5.32 Å². The molecule has 3 rings (SSSR count). The van der Waals surface area contributed by atoms with Crippen molar-refractivity contribution >= 4 is 45.8 Å². The van der Waals surface area contributed by atoms with E-state index in [0.29, 0.717) is 21.5 Å². The molecule has 0 aliphatic carbocycles. The number of anilines is 1. The van der Waals surface area contributed by atoms with E-state index in [1.165, 1.54) is 33.6 Å². The molecular formula is C20H21N5OS3. The lowest BCUT2D eigenvalue weighted by Crippen LogP contribution is -2.14. The van der Waals surface area contributed by atoms with Crippen LogP contribution in [0.25, 0.3) is 0 Å². The second-order valence-electron chi connectivity index (χ2n) is 6.50. The Balaban J connectivity index is 1.56. The van der Waals surface area contributed by atoms with E-state index in [2.05, 4.69) is 52.8 Å². The number of amides is 1. The van der Waals surface area contributed by atoms with Gasteiger partial charge in [-0.15, -0.1) is 33.3 Å². The van der Waals surface area contributed by atoms with E-state index in [1.54, 1.807) is 11.8 Å². The second kappa shape index (κ2) is 9.48. The molecule has 0 aliphatic heterocycles. The van der Waals surface area contributed by atoms with Crippen molar-refractivity contribution in [2.45, 2.75) is 36.6 Å². The Kier molecular flexibility index (Phi) is 7.00. The first-order valence-electron chi connectivity index (χ1n) is 8.89. The summed E-state index contributed by atoms with van der Waals surface area (Å²) in [6.45, 7) is 5.91. The van der Waals surface area contributed by atoms with Crippen molar-refractivity contribution in [3.8, 4) is 6.07 Å². The van der Waals surface area contributed by atoms with Gasteiger partial charge in [0.05, 0.1) is 17.1 Å². The molecule has 150 valence electrons. The van der Waals surface area contributed by atoms with Crippen LogP contribution in [0, 0.1) is 32.1 Å². The fourth-order valence-electron chi connectivity index (χ4n) is 2.52. The summed E-state index contributed by atoms with van der Waals surface area (Å²) in [4.78, 5) is 14.6. The van der Waals surface area contributed by atoms with E-state index in [4.69, 9.17) is 0 Å². The second-order valence-corrected chi connectivity index (χ2v) is 9.71. The molecule has 0 fully saturated rings. The van der Waals surface area contributed by atoms with E-state index in [1.807, 2.05) is 25.5 Å². The third-order valence-corrected chi connectivity index (χ3v) is 7.55. The molecule has 0 saturated heterocycles. The van der Waals surface area contributed by atoms with E-state index in [0.717, 1.165) is 16.3 Å². The van der Waals surface area contributed by atoms with Gasteiger partial charge in [-0.05, 0) is 38.5 Å². The zero-order valence-electron chi connectivity index (χ0n) is 16.6. The number of thiophene rings is 1. The van der Waals surface area contributed by atoms with Gasteiger partial charge < -0.3 is 9.88 Å². The van der Waals surface area contributed by atoms with E-state index >= 15 is 0 Å². The molecule has 1 amide bonds. The summed E-state index contributed by atoms with van der Waals surface area (Å²) < 4.78 is 1.92. The summed E-state index contributed by atoms with van der Waals surface area (Å²) in [6.07, 6.45) is 0. The minimum absolute atomic E-state index is 0.161. The third-order valence-electron chi connectivity index (χ3n) is 4.40. The van der Waals surface area contributed by atoms with Crippen molar-refractivity contribution in [1.82, 2.24) is 14.8 Å². The number of thioether (sulfide) groups is 2. The van der Waals surface area contributed by atoms with Crippen LogP contribution >= 0.6 is 34.9 Å². The number of nitrogens with zero attached hydrogens (tertiary/aromatic N) is 4. The van der Waals surface area contributed by atoms with E-state index in [9.17, 15) is 10.1 Å². The number of nitrogens with one attached hydrogen (secondary N) is 1. The number of benzene rings is 1. The molecule has 2 heterocycles. The molecular weight excluding hydrogens is 422 g/mol. The minimum atomic E-state index is -0.161. The van der Waals surface area contributed by atoms with Crippen LogP contribution in [0.2, 0.25) is 0 Å². The van der Waals surface area contributed by atoms with E-state index in [-0.39, 0.29) is 11.7 Å². The first-order valence-corrected chi connectivity index (χ1v) is 11.7. The number of hydrogen-bond acceptors (Lipinski definition) is 7. The Bertz CT molecular complexity index is 1060. The largest absolute Gasteiger partial charge is 0.316 e. The maximum atomic E-state index is 12.3. The molecule has 1 aromatic carbocycles. The fraction of sp³-hybridized carbons (Fsp3) is 0.300. The Morgan fingerprint density at radius 1 is 1.21 bits per heavy atom. The van der Waals surface area contributed by atoms with Gasteiger partial charge in [0, 0.05) is 16.8 Å². The number of carbonyl (C=O) groups is 1. The SMILES string of the molecule is Cc1ccc(SCc2nnc(SCC(=O)Nc3sc(C)c(C)c3C#N)n2C)cc1. The maximum absolute atomic E-state index is 12.3. The lowest BCUT2D eigenvalue weighted by Gasteiger charge is -2.05.